The number of aliphatic carboxylic acids is 1. The smallest absolute Gasteiger partial charge is 0.411 e. The summed E-state index contributed by atoms with van der Waals surface area (Å²) in [6, 6.07) is -0.728. The van der Waals surface area contributed by atoms with Gasteiger partial charge in [-0.1, -0.05) is 0 Å². The predicted molar refractivity (Wildman–Crippen MR) is 69.8 cm³/mol. The van der Waals surface area contributed by atoms with Gasteiger partial charge in [-0.3, -0.25) is 4.90 Å². The number of hydrogen-bond acceptors (Lipinski definition) is 3. The minimum absolute atomic E-state index is 0.458. The average Bonchev–Trinajstić information content (AvgIpc) is 3.09. The molecule has 1 aliphatic heterocycles. The summed E-state index contributed by atoms with van der Waals surface area (Å²) >= 11 is 0. The summed E-state index contributed by atoms with van der Waals surface area (Å²) in [6.07, 6.45) is 3.38. The van der Waals surface area contributed by atoms with Crippen LogP contribution in [0.25, 0.3) is 0 Å². The van der Waals surface area contributed by atoms with Crippen LogP contribution in [0.5, 0.6) is 0 Å². The van der Waals surface area contributed by atoms with Gasteiger partial charge < -0.3 is 9.84 Å². The molecule has 2 rings (SSSR count). The van der Waals surface area contributed by atoms with Crippen LogP contribution in [-0.2, 0) is 9.53 Å². The Bertz CT molecular complexity index is 370. The zero-order valence-electron chi connectivity index (χ0n) is 11.9. The molecule has 1 heterocycles. The molecule has 0 unspecified atom stereocenters. The molecule has 5 nitrogen and oxygen atoms in total. The Labute approximate surface area is 113 Å². The number of carboxylic acid groups (broad SMARTS) is 1. The first-order chi connectivity index (χ1) is 8.78. The Balaban J connectivity index is 2.02. The fourth-order valence-electron chi connectivity index (χ4n) is 2.76. The van der Waals surface area contributed by atoms with Crippen molar-refractivity contribution < 1.29 is 19.4 Å². The van der Waals surface area contributed by atoms with Crippen molar-refractivity contribution in [3.8, 4) is 0 Å². The molecule has 0 aromatic carbocycles. The third kappa shape index (κ3) is 3.61. The molecular weight excluding hydrogens is 246 g/mol. The maximum absolute atomic E-state index is 12.1. The van der Waals surface area contributed by atoms with Gasteiger partial charge in [-0.15, -0.1) is 0 Å². The summed E-state index contributed by atoms with van der Waals surface area (Å²) in [6.45, 7) is 5.86. The van der Waals surface area contributed by atoms with Crippen molar-refractivity contribution in [3.05, 3.63) is 0 Å². The van der Waals surface area contributed by atoms with Crippen molar-refractivity contribution in [3.63, 3.8) is 0 Å². The lowest BCUT2D eigenvalue weighted by Gasteiger charge is -2.38. The highest BCUT2D eigenvalue weighted by Crippen LogP contribution is 2.43. The van der Waals surface area contributed by atoms with E-state index in [0.29, 0.717) is 24.8 Å². The Morgan fingerprint density at radius 3 is 2.26 bits per heavy atom. The topological polar surface area (TPSA) is 66.8 Å². The van der Waals surface area contributed by atoms with Gasteiger partial charge in [0.05, 0.1) is 0 Å². The molecule has 5 heteroatoms. The predicted octanol–water partition coefficient (Wildman–Crippen LogP) is 2.50. The molecule has 0 spiro atoms. The number of carbonyl (C=O) groups is 2. The quantitative estimate of drug-likeness (QED) is 0.836. The number of piperidine rings is 1. The standard InChI is InChI=1S/C14H23NO4/c1-14(2,3)19-13(18)15-7-6-10(9-4-5-9)8-11(15)12(16)17/h9-11H,4-8H2,1-3H3,(H,16,17)/t10-,11+/m1/s1. The number of carbonyl (C=O) groups excluding carboxylic acids is 1. The van der Waals surface area contributed by atoms with Gasteiger partial charge in [-0.05, 0) is 58.3 Å². The van der Waals surface area contributed by atoms with Crippen molar-refractivity contribution in [2.24, 2.45) is 11.8 Å². The van der Waals surface area contributed by atoms with Crippen LogP contribution in [0, 0.1) is 11.8 Å². The number of hydrogen-bond donors (Lipinski definition) is 1. The summed E-state index contributed by atoms with van der Waals surface area (Å²) in [7, 11) is 0. The highest BCUT2D eigenvalue weighted by Gasteiger charge is 2.42. The minimum atomic E-state index is -0.920. The summed E-state index contributed by atoms with van der Waals surface area (Å²) in [5.74, 6) is 0.221. The molecule has 19 heavy (non-hydrogen) atoms. The Morgan fingerprint density at radius 2 is 1.79 bits per heavy atom. The lowest BCUT2D eigenvalue weighted by molar-refractivity contribution is -0.145. The van der Waals surface area contributed by atoms with Gasteiger partial charge in [0.15, 0.2) is 0 Å². The van der Waals surface area contributed by atoms with E-state index in [1.54, 1.807) is 20.8 Å². The summed E-state index contributed by atoms with van der Waals surface area (Å²) in [5.41, 5.74) is -0.590. The lowest BCUT2D eigenvalue weighted by atomic mass is 9.87. The summed E-state index contributed by atoms with van der Waals surface area (Å²) in [4.78, 5) is 24.8. The highest BCUT2D eigenvalue weighted by atomic mass is 16.6. The number of ether oxygens (including phenoxy) is 1. The van der Waals surface area contributed by atoms with Gasteiger partial charge in [0.2, 0.25) is 0 Å². The summed E-state index contributed by atoms with van der Waals surface area (Å²) in [5, 5.41) is 9.33. The molecule has 1 aliphatic carbocycles. The van der Waals surface area contributed by atoms with Gasteiger partial charge >= 0.3 is 12.1 Å². The fraction of sp³-hybridized carbons (Fsp3) is 0.857. The Kier molecular flexibility index (Phi) is 3.74. The largest absolute Gasteiger partial charge is 0.480 e. The van der Waals surface area contributed by atoms with E-state index in [4.69, 9.17) is 4.74 Å². The molecule has 1 saturated carbocycles. The van der Waals surface area contributed by atoms with E-state index in [0.717, 1.165) is 6.42 Å². The zero-order valence-corrected chi connectivity index (χ0v) is 11.9. The number of likely N-dealkylation sites (tertiary alicyclic amines) is 1. The maximum atomic E-state index is 12.1. The molecular formula is C14H23NO4. The molecule has 0 bridgehead atoms. The van der Waals surface area contributed by atoms with Crippen molar-refractivity contribution >= 4 is 12.1 Å². The first kappa shape index (κ1) is 14.2. The molecule has 0 radical (unpaired) electrons. The first-order valence-electron chi connectivity index (χ1n) is 7.00. The molecule has 2 fully saturated rings. The molecule has 1 saturated heterocycles. The van der Waals surface area contributed by atoms with Crippen molar-refractivity contribution in [2.45, 2.75) is 58.1 Å². The molecule has 2 atom stereocenters. The van der Waals surface area contributed by atoms with Crippen LogP contribution < -0.4 is 0 Å². The first-order valence-corrected chi connectivity index (χ1v) is 7.00. The second-order valence-corrected chi connectivity index (χ2v) is 6.65. The van der Waals surface area contributed by atoms with Crippen molar-refractivity contribution in [2.75, 3.05) is 6.54 Å². The number of rotatable bonds is 2. The van der Waals surface area contributed by atoms with E-state index in [2.05, 4.69) is 0 Å². The zero-order chi connectivity index (χ0) is 14.2. The SMILES string of the molecule is CC(C)(C)OC(=O)N1CC[C@@H](C2CC2)C[C@H]1C(=O)O. The lowest BCUT2D eigenvalue weighted by Crippen LogP contribution is -2.51. The third-order valence-electron chi connectivity index (χ3n) is 3.84. The highest BCUT2D eigenvalue weighted by molar-refractivity contribution is 5.80. The van der Waals surface area contributed by atoms with E-state index < -0.39 is 23.7 Å². The van der Waals surface area contributed by atoms with E-state index in [1.807, 2.05) is 0 Å². The number of nitrogens with zero attached hydrogens (tertiary/aromatic N) is 1. The minimum Gasteiger partial charge on any atom is -0.480 e. The van der Waals surface area contributed by atoms with Crippen LogP contribution in [0.3, 0.4) is 0 Å². The molecule has 1 N–H and O–H groups in total. The van der Waals surface area contributed by atoms with E-state index in [-0.39, 0.29) is 0 Å². The van der Waals surface area contributed by atoms with Crippen LogP contribution in [0.1, 0.15) is 46.5 Å². The molecule has 108 valence electrons. The van der Waals surface area contributed by atoms with E-state index in [9.17, 15) is 14.7 Å². The van der Waals surface area contributed by atoms with Crippen molar-refractivity contribution in [1.82, 2.24) is 4.90 Å². The van der Waals surface area contributed by atoms with Gasteiger partial charge in [0.25, 0.3) is 0 Å². The molecule has 1 amide bonds. The number of amides is 1. The van der Waals surface area contributed by atoms with E-state index >= 15 is 0 Å². The summed E-state index contributed by atoms with van der Waals surface area (Å²) < 4.78 is 5.29. The van der Waals surface area contributed by atoms with E-state index in [1.165, 1.54) is 17.7 Å². The Morgan fingerprint density at radius 1 is 1.16 bits per heavy atom. The average molecular weight is 269 g/mol. The van der Waals surface area contributed by atoms with Gasteiger partial charge in [-0.25, -0.2) is 9.59 Å². The second-order valence-electron chi connectivity index (χ2n) is 6.65. The van der Waals surface area contributed by atoms with Crippen LogP contribution in [0.15, 0.2) is 0 Å². The van der Waals surface area contributed by atoms with Crippen LogP contribution in [0.2, 0.25) is 0 Å². The number of carboxylic acids is 1. The third-order valence-corrected chi connectivity index (χ3v) is 3.84. The van der Waals surface area contributed by atoms with Gasteiger partial charge in [0, 0.05) is 6.54 Å². The van der Waals surface area contributed by atoms with Crippen LogP contribution >= 0.6 is 0 Å². The molecule has 2 aliphatic rings. The maximum Gasteiger partial charge on any atom is 0.411 e. The van der Waals surface area contributed by atoms with Crippen LogP contribution in [-0.4, -0.2) is 40.3 Å². The fourth-order valence-corrected chi connectivity index (χ4v) is 2.76. The second kappa shape index (κ2) is 5.02. The Hall–Kier alpha value is -1.26. The molecule has 0 aromatic rings. The van der Waals surface area contributed by atoms with Gasteiger partial charge in [0.1, 0.15) is 11.6 Å². The van der Waals surface area contributed by atoms with Crippen molar-refractivity contribution in [1.29, 1.82) is 0 Å². The normalized spacial score (nSPS) is 28.1. The van der Waals surface area contributed by atoms with Gasteiger partial charge in [-0.2, -0.15) is 0 Å². The van der Waals surface area contributed by atoms with Crippen LogP contribution in [0.4, 0.5) is 4.79 Å². The monoisotopic (exact) mass is 269 g/mol. The molecule has 0 aromatic heterocycles.